The number of unbranched alkanes of at least 4 members (excludes halogenated alkanes) is 16. The average Bonchev–Trinajstić information content (AvgIpc) is 2.57. The Labute approximate surface area is 525 Å². The van der Waals surface area contributed by atoms with E-state index in [2.05, 4.69) is 116 Å². The monoisotopic (exact) mass is 1250 g/mol. The minimum absolute atomic E-state index is 0.215. The van der Waals surface area contributed by atoms with Gasteiger partial charge in [-0.05, 0) is 89.9 Å². The van der Waals surface area contributed by atoms with E-state index < -0.39 is 124 Å². The third kappa shape index (κ3) is 32.1. The highest BCUT2D eigenvalue weighted by Crippen LogP contribution is 2.33. The molecule has 1 amide bonds. The van der Waals surface area contributed by atoms with Crippen molar-refractivity contribution in [1.82, 2.24) is 5.32 Å². The van der Waals surface area contributed by atoms with Crippen LogP contribution < -0.4 is 5.32 Å². The molecule has 3 fully saturated rings. The van der Waals surface area contributed by atoms with Gasteiger partial charge in [-0.3, -0.25) is 4.79 Å². The van der Waals surface area contributed by atoms with Gasteiger partial charge in [-0.1, -0.05) is 200 Å². The second-order valence-corrected chi connectivity index (χ2v) is 23.2. The van der Waals surface area contributed by atoms with E-state index in [1.807, 2.05) is 6.08 Å². The molecule has 12 N–H and O–H groups in total. The minimum atomic E-state index is -1.99. The molecule has 3 saturated heterocycles. The molecule has 3 aliphatic heterocycles. The quantitative estimate of drug-likeness (QED) is 0.0204. The Morgan fingerprint density at radius 3 is 1.27 bits per heavy atom. The predicted molar refractivity (Wildman–Crippen MR) is 341 cm³/mol. The van der Waals surface area contributed by atoms with Crippen molar-refractivity contribution in [3.8, 4) is 0 Å². The molecule has 0 aromatic carbocycles. The molecule has 17 atom stereocenters. The smallest absolute Gasteiger partial charge is 0.220 e. The Balaban J connectivity index is 1.44. The van der Waals surface area contributed by atoms with Gasteiger partial charge in [0.1, 0.15) is 73.2 Å². The fourth-order valence-electron chi connectivity index (χ4n) is 10.4. The van der Waals surface area contributed by atoms with Crippen molar-refractivity contribution in [2.45, 2.75) is 291 Å². The number of rotatable bonds is 48. The van der Waals surface area contributed by atoms with Crippen LogP contribution >= 0.6 is 0 Å². The van der Waals surface area contributed by atoms with Crippen LogP contribution in [0.5, 0.6) is 0 Å². The number of hydrogen-bond acceptors (Lipinski definition) is 18. The number of aliphatic hydroxyl groups is 11. The third-order valence-corrected chi connectivity index (χ3v) is 15.8. The van der Waals surface area contributed by atoms with Crippen LogP contribution in [0, 0.1) is 0 Å². The molecule has 0 aromatic heterocycles. The lowest BCUT2D eigenvalue weighted by Gasteiger charge is -2.48. The van der Waals surface area contributed by atoms with Crippen molar-refractivity contribution in [3.63, 3.8) is 0 Å². The van der Waals surface area contributed by atoms with E-state index in [-0.39, 0.29) is 18.9 Å². The maximum atomic E-state index is 13.4. The third-order valence-electron chi connectivity index (χ3n) is 15.8. The summed E-state index contributed by atoms with van der Waals surface area (Å²) in [5.41, 5.74) is 0. The van der Waals surface area contributed by atoms with Crippen LogP contribution in [0.4, 0.5) is 0 Å². The van der Waals surface area contributed by atoms with E-state index in [4.69, 9.17) is 28.4 Å². The van der Waals surface area contributed by atoms with Crippen molar-refractivity contribution in [2.75, 3.05) is 26.4 Å². The fraction of sp³-hybridized carbons (Fsp3) is 0.725. The van der Waals surface area contributed by atoms with Crippen molar-refractivity contribution in [2.24, 2.45) is 0 Å². The zero-order valence-electron chi connectivity index (χ0n) is 52.9. The van der Waals surface area contributed by atoms with Crippen LogP contribution in [0.1, 0.15) is 187 Å². The Hall–Kier alpha value is -3.55. The Bertz CT molecular complexity index is 2020. The van der Waals surface area contributed by atoms with E-state index in [0.29, 0.717) is 12.8 Å². The standard InChI is InChI=1S/C69H115NO18/c1-3-5-7-9-11-13-15-17-19-20-21-22-23-24-25-26-27-28-29-30-31-32-33-35-37-39-41-43-45-47-57(75)70-52(53(74)46-44-42-40-38-36-34-18-16-14-12-10-8-6-4-2)51-83-67-63(81)60(78)65(55(49-72)85-67)88-69-64(82)61(79)66(56(50-73)86-69)87-68-62(80)59(77)58(76)54(48-71)84-68/h5,7,11,13,17,19,21-22,24-25,27-28,30-31,36,38,44,46,52-56,58-69,71-74,76-82H,3-4,6,8-10,12,14-16,18,20,23,26,29,32-35,37,39-43,45,47-51H2,1-2H3,(H,70,75)/b7-5-,13-11-,19-17-,22-21-,25-24-,28-27-,31-30-,38-36+,46-44+. The number of ether oxygens (including phenoxy) is 6. The Kier molecular flexibility index (Phi) is 44.8. The number of allylic oxidation sites excluding steroid dienone is 17. The minimum Gasteiger partial charge on any atom is -0.394 e. The lowest BCUT2D eigenvalue weighted by atomic mass is 9.96. The molecule has 0 spiro atoms. The van der Waals surface area contributed by atoms with Crippen molar-refractivity contribution >= 4 is 5.91 Å². The van der Waals surface area contributed by atoms with Gasteiger partial charge < -0.3 is 89.9 Å². The molecule has 3 rings (SSSR count). The summed E-state index contributed by atoms with van der Waals surface area (Å²) in [6.07, 6.45) is 39.2. The molecule has 0 aliphatic carbocycles. The van der Waals surface area contributed by atoms with Gasteiger partial charge in [0.15, 0.2) is 18.9 Å². The van der Waals surface area contributed by atoms with Gasteiger partial charge in [0.25, 0.3) is 0 Å². The summed E-state index contributed by atoms with van der Waals surface area (Å²) in [6.45, 7) is 1.55. The summed E-state index contributed by atoms with van der Waals surface area (Å²) in [5.74, 6) is -0.303. The molecule has 0 bridgehead atoms. The highest BCUT2D eigenvalue weighted by molar-refractivity contribution is 5.76. The van der Waals surface area contributed by atoms with Crippen LogP contribution in [-0.2, 0) is 33.2 Å². The Morgan fingerprint density at radius 2 is 0.795 bits per heavy atom. The van der Waals surface area contributed by atoms with Gasteiger partial charge >= 0.3 is 0 Å². The first-order chi connectivity index (χ1) is 42.8. The number of amides is 1. The highest BCUT2D eigenvalue weighted by Gasteiger charge is 2.53. The number of hydrogen-bond donors (Lipinski definition) is 12. The van der Waals surface area contributed by atoms with E-state index in [0.717, 1.165) is 109 Å². The van der Waals surface area contributed by atoms with Gasteiger partial charge in [0.05, 0.1) is 38.6 Å². The number of carbonyl (C=O) groups excluding carboxylic acids is 1. The van der Waals surface area contributed by atoms with Gasteiger partial charge in [-0.15, -0.1) is 0 Å². The SMILES string of the molecule is CC/C=C\C/C=C\C/C=C\C/C=C\C/C=C\C/C=C\C/C=C\CCCCCCCCCC(=O)NC(COC1OC(CO)C(OC2OC(CO)C(OC3OC(CO)C(O)C(O)C3O)C(O)C2O)C(O)C1O)C(O)/C=C/CC/C=C/CCCCCCCCCC. The molecule has 3 heterocycles. The summed E-state index contributed by atoms with van der Waals surface area (Å²) in [5, 5.41) is 120. The summed E-state index contributed by atoms with van der Waals surface area (Å²) in [4.78, 5) is 13.4. The molecular formula is C69H115NO18. The lowest BCUT2D eigenvalue weighted by molar-refractivity contribution is -0.379. The molecular weight excluding hydrogens is 1130 g/mol. The van der Waals surface area contributed by atoms with Crippen molar-refractivity contribution < 1.29 is 89.4 Å². The van der Waals surface area contributed by atoms with Crippen LogP contribution in [0.15, 0.2) is 109 Å². The molecule has 0 aromatic rings. The predicted octanol–water partition coefficient (Wildman–Crippen LogP) is 7.88. The van der Waals surface area contributed by atoms with Gasteiger partial charge in [0, 0.05) is 6.42 Å². The van der Waals surface area contributed by atoms with E-state index in [1.54, 1.807) is 6.08 Å². The van der Waals surface area contributed by atoms with Crippen LogP contribution in [0.3, 0.4) is 0 Å². The van der Waals surface area contributed by atoms with Gasteiger partial charge in [0.2, 0.25) is 5.91 Å². The van der Waals surface area contributed by atoms with Crippen molar-refractivity contribution in [3.05, 3.63) is 109 Å². The number of carbonyl (C=O) groups is 1. The molecule has 88 heavy (non-hydrogen) atoms. The summed E-state index contributed by atoms with van der Waals surface area (Å²) < 4.78 is 34.3. The van der Waals surface area contributed by atoms with Crippen LogP contribution in [0.2, 0.25) is 0 Å². The zero-order valence-corrected chi connectivity index (χ0v) is 52.9. The molecule has 0 saturated carbocycles. The van der Waals surface area contributed by atoms with E-state index in [1.165, 1.54) is 44.9 Å². The van der Waals surface area contributed by atoms with Gasteiger partial charge in [-0.25, -0.2) is 0 Å². The average molecular weight is 1250 g/mol. The topological polar surface area (TPSA) is 307 Å². The summed E-state index contributed by atoms with van der Waals surface area (Å²) in [7, 11) is 0. The first-order valence-corrected chi connectivity index (χ1v) is 33.1. The number of nitrogens with one attached hydrogen (secondary N) is 1. The highest BCUT2D eigenvalue weighted by atomic mass is 16.8. The Morgan fingerprint density at radius 1 is 0.420 bits per heavy atom. The van der Waals surface area contributed by atoms with E-state index >= 15 is 0 Å². The van der Waals surface area contributed by atoms with E-state index in [9.17, 15) is 61.0 Å². The maximum absolute atomic E-state index is 13.4. The van der Waals surface area contributed by atoms with Crippen LogP contribution in [0.25, 0.3) is 0 Å². The van der Waals surface area contributed by atoms with Crippen LogP contribution in [-0.4, -0.2) is 193 Å². The van der Waals surface area contributed by atoms with Gasteiger partial charge in [-0.2, -0.15) is 0 Å². The largest absolute Gasteiger partial charge is 0.394 e. The molecule has 0 radical (unpaired) electrons. The zero-order chi connectivity index (χ0) is 64.0. The second kappa shape index (κ2) is 50.1. The summed E-state index contributed by atoms with van der Waals surface area (Å²) >= 11 is 0. The molecule has 3 aliphatic rings. The normalized spacial score (nSPS) is 29.1. The molecule has 19 nitrogen and oxygen atoms in total. The molecule has 19 heteroatoms. The molecule has 504 valence electrons. The molecule has 17 unspecified atom stereocenters. The maximum Gasteiger partial charge on any atom is 0.220 e. The lowest BCUT2D eigenvalue weighted by Crippen LogP contribution is -2.66. The second-order valence-electron chi connectivity index (χ2n) is 23.2. The fourth-order valence-corrected chi connectivity index (χ4v) is 10.4. The first-order valence-electron chi connectivity index (χ1n) is 33.1. The summed E-state index contributed by atoms with van der Waals surface area (Å²) in [6, 6.07) is -1.00. The first kappa shape index (κ1) is 78.7. The number of aliphatic hydroxyl groups excluding tert-OH is 11. The van der Waals surface area contributed by atoms with Crippen molar-refractivity contribution in [1.29, 1.82) is 0 Å².